The Kier molecular flexibility index (Phi) is 6.34. The molecule has 0 bridgehead atoms. The zero-order valence-corrected chi connectivity index (χ0v) is 9.82. The van der Waals surface area contributed by atoms with Crippen molar-refractivity contribution in [3.63, 3.8) is 0 Å². The van der Waals surface area contributed by atoms with Gasteiger partial charge in [0, 0.05) is 5.56 Å². The van der Waals surface area contributed by atoms with Gasteiger partial charge < -0.3 is 5.11 Å². The predicted molar refractivity (Wildman–Crippen MR) is 71.2 cm³/mol. The number of aliphatic hydroxyl groups is 1. The summed E-state index contributed by atoms with van der Waals surface area (Å²) in [6.45, 7) is 3.63. The van der Waals surface area contributed by atoms with Crippen LogP contribution in [-0.4, -0.2) is 11.2 Å². The zero-order chi connectivity index (χ0) is 12.3. The summed E-state index contributed by atoms with van der Waals surface area (Å²) in [5.41, 5.74) is 0.933. The standard InChI is InChI=1S/C16H16O/c1-2-3-5-13-16(17)14-9-8-12-15-10-6-4-7-11-15/h2,4,6-7,10-11,16-17H,1,3,5,13H2/t16-/m1/s1. The Labute approximate surface area is 103 Å². The Morgan fingerprint density at radius 3 is 2.71 bits per heavy atom. The normalized spacial score (nSPS) is 10.4. The number of rotatable bonds is 4. The minimum Gasteiger partial charge on any atom is -0.380 e. The molecule has 0 fully saturated rings. The largest absolute Gasteiger partial charge is 0.380 e. The minimum atomic E-state index is -0.583. The molecule has 0 aromatic heterocycles. The first-order chi connectivity index (χ1) is 8.33. The van der Waals surface area contributed by atoms with Crippen molar-refractivity contribution in [2.75, 3.05) is 0 Å². The van der Waals surface area contributed by atoms with Crippen molar-refractivity contribution in [1.29, 1.82) is 0 Å². The molecule has 0 radical (unpaired) electrons. The van der Waals surface area contributed by atoms with Crippen LogP contribution in [0.3, 0.4) is 0 Å². The molecule has 0 heterocycles. The fourth-order valence-electron chi connectivity index (χ4n) is 1.27. The maximum absolute atomic E-state index is 9.50. The number of hydrogen-bond acceptors (Lipinski definition) is 1. The van der Waals surface area contributed by atoms with Crippen LogP contribution in [0, 0.1) is 23.7 Å². The molecule has 0 aliphatic carbocycles. The molecule has 0 saturated carbocycles. The van der Waals surface area contributed by atoms with Crippen LogP contribution in [0.25, 0.3) is 0 Å². The average molecular weight is 224 g/mol. The van der Waals surface area contributed by atoms with Gasteiger partial charge in [0.1, 0.15) is 6.10 Å². The van der Waals surface area contributed by atoms with Gasteiger partial charge in [-0.05, 0) is 43.2 Å². The van der Waals surface area contributed by atoms with Crippen molar-refractivity contribution in [3.8, 4) is 23.7 Å². The summed E-state index contributed by atoms with van der Waals surface area (Å²) in [6.07, 6.45) is 3.75. The smallest absolute Gasteiger partial charge is 0.115 e. The molecule has 0 unspecified atom stereocenters. The maximum Gasteiger partial charge on any atom is 0.115 e. The summed E-state index contributed by atoms with van der Waals surface area (Å²) in [5.74, 6) is 11.0. The van der Waals surface area contributed by atoms with E-state index in [0.717, 1.165) is 18.4 Å². The molecular formula is C16H16O. The molecule has 1 rings (SSSR count). The zero-order valence-electron chi connectivity index (χ0n) is 9.82. The molecule has 1 nitrogen and oxygen atoms in total. The monoisotopic (exact) mass is 224 g/mol. The van der Waals surface area contributed by atoms with Crippen LogP contribution >= 0.6 is 0 Å². The van der Waals surface area contributed by atoms with Gasteiger partial charge in [0.05, 0.1) is 0 Å². The second-order valence-electron chi connectivity index (χ2n) is 3.62. The SMILES string of the molecule is C=CCCC[C@@H](O)C#CC#Cc1ccccc1. The van der Waals surface area contributed by atoms with Crippen molar-refractivity contribution >= 4 is 0 Å². The molecule has 1 aromatic rings. The fraction of sp³-hybridized carbons (Fsp3) is 0.250. The molecule has 17 heavy (non-hydrogen) atoms. The van der Waals surface area contributed by atoms with Gasteiger partial charge in [-0.15, -0.1) is 6.58 Å². The molecule has 1 N–H and O–H groups in total. The number of unbranched alkanes of at least 4 members (excludes halogenated alkanes) is 1. The quantitative estimate of drug-likeness (QED) is 0.473. The maximum atomic E-state index is 9.50. The van der Waals surface area contributed by atoms with Crippen molar-refractivity contribution in [3.05, 3.63) is 48.6 Å². The highest BCUT2D eigenvalue weighted by Crippen LogP contribution is 1.99. The van der Waals surface area contributed by atoms with Crippen LogP contribution in [0.5, 0.6) is 0 Å². The Morgan fingerprint density at radius 1 is 1.24 bits per heavy atom. The van der Waals surface area contributed by atoms with Gasteiger partial charge in [-0.25, -0.2) is 0 Å². The molecule has 0 amide bonds. The van der Waals surface area contributed by atoms with Gasteiger partial charge in [-0.2, -0.15) is 0 Å². The lowest BCUT2D eigenvalue weighted by molar-refractivity contribution is 0.219. The topological polar surface area (TPSA) is 20.2 Å². The molecule has 0 aliphatic heterocycles. The summed E-state index contributed by atoms with van der Waals surface area (Å²) < 4.78 is 0. The Bertz CT molecular complexity index is 451. The molecule has 1 aromatic carbocycles. The lowest BCUT2D eigenvalue weighted by atomic mass is 10.1. The highest BCUT2D eigenvalue weighted by Gasteiger charge is 1.96. The third kappa shape index (κ3) is 6.25. The van der Waals surface area contributed by atoms with Crippen molar-refractivity contribution in [2.45, 2.75) is 25.4 Å². The average Bonchev–Trinajstić information content (AvgIpc) is 2.36. The highest BCUT2D eigenvalue weighted by molar-refractivity contribution is 5.39. The van der Waals surface area contributed by atoms with E-state index in [4.69, 9.17) is 0 Å². The third-order valence-corrected chi connectivity index (χ3v) is 2.17. The van der Waals surface area contributed by atoms with E-state index in [1.54, 1.807) is 0 Å². The number of aliphatic hydroxyl groups excluding tert-OH is 1. The molecule has 1 atom stereocenters. The van der Waals surface area contributed by atoms with E-state index in [2.05, 4.69) is 30.3 Å². The molecule has 1 heteroatoms. The van der Waals surface area contributed by atoms with Crippen LogP contribution in [0.2, 0.25) is 0 Å². The summed E-state index contributed by atoms with van der Waals surface area (Å²) in [7, 11) is 0. The van der Waals surface area contributed by atoms with Crippen LogP contribution in [0.15, 0.2) is 43.0 Å². The first-order valence-electron chi connectivity index (χ1n) is 5.68. The van der Waals surface area contributed by atoms with Crippen LogP contribution < -0.4 is 0 Å². The van der Waals surface area contributed by atoms with E-state index in [1.165, 1.54) is 0 Å². The van der Waals surface area contributed by atoms with Gasteiger partial charge >= 0.3 is 0 Å². The fourth-order valence-corrected chi connectivity index (χ4v) is 1.27. The minimum absolute atomic E-state index is 0.583. The Hall–Kier alpha value is -1.96. The Morgan fingerprint density at radius 2 is 2.00 bits per heavy atom. The molecule has 0 spiro atoms. The van der Waals surface area contributed by atoms with E-state index in [1.807, 2.05) is 36.4 Å². The van der Waals surface area contributed by atoms with E-state index in [-0.39, 0.29) is 0 Å². The van der Waals surface area contributed by atoms with Gasteiger partial charge in [0.25, 0.3) is 0 Å². The lowest BCUT2D eigenvalue weighted by Crippen LogP contribution is -2.01. The van der Waals surface area contributed by atoms with E-state index >= 15 is 0 Å². The Balaban J connectivity index is 2.40. The van der Waals surface area contributed by atoms with Crippen LogP contribution in [0.4, 0.5) is 0 Å². The number of allylic oxidation sites excluding steroid dienone is 1. The summed E-state index contributed by atoms with van der Waals surface area (Å²) >= 11 is 0. The molecule has 0 aliphatic rings. The second kappa shape index (κ2) is 8.22. The van der Waals surface area contributed by atoms with Crippen molar-refractivity contribution in [2.24, 2.45) is 0 Å². The van der Waals surface area contributed by atoms with Crippen molar-refractivity contribution in [1.82, 2.24) is 0 Å². The highest BCUT2D eigenvalue weighted by atomic mass is 16.3. The summed E-state index contributed by atoms with van der Waals surface area (Å²) in [4.78, 5) is 0. The van der Waals surface area contributed by atoms with Crippen LogP contribution in [-0.2, 0) is 0 Å². The van der Waals surface area contributed by atoms with Crippen LogP contribution in [0.1, 0.15) is 24.8 Å². The first kappa shape index (κ1) is 13.1. The van der Waals surface area contributed by atoms with Gasteiger partial charge in [0.2, 0.25) is 0 Å². The summed E-state index contributed by atoms with van der Waals surface area (Å²) in [5, 5.41) is 9.50. The number of benzene rings is 1. The van der Waals surface area contributed by atoms with Crippen molar-refractivity contribution < 1.29 is 5.11 Å². The van der Waals surface area contributed by atoms with Gasteiger partial charge in [-0.1, -0.05) is 36.1 Å². The summed E-state index contributed by atoms with van der Waals surface area (Å²) in [6, 6.07) is 9.66. The van der Waals surface area contributed by atoms with Gasteiger partial charge in [0.15, 0.2) is 0 Å². The molecule has 0 saturated heterocycles. The molecule has 86 valence electrons. The number of hydrogen-bond donors (Lipinski definition) is 1. The van der Waals surface area contributed by atoms with E-state index in [0.29, 0.717) is 6.42 Å². The predicted octanol–water partition coefficient (Wildman–Crippen LogP) is 2.76. The first-order valence-corrected chi connectivity index (χ1v) is 5.68. The third-order valence-electron chi connectivity index (χ3n) is 2.17. The molecular weight excluding hydrogens is 208 g/mol. The van der Waals surface area contributed by atoms with E-state index in [9.17, 15) is 5.11 Å². The van der Waals surface area contributed by atoms with E-state index < -0.39 is 6.10 Å². The lowest BCUT2D eigenvalue weighted by Gasteiger charge is -1.98. The second-order valence-corrected chi connectivity index (χ2v) is 3.62. The van der Waals surface area contributed by atoms with Gasteiger partial charge in [-0.3, -0.25) is 0 Å².